The molecule has 0 radical (unpaired) electrons. The summed E-state index contributed by atoms with van der Waals surface area (Å²) >= 11 is 1.01. The maximum absolute atomic E-state index is 12.9. The van der Waals surface area contributed by atoms with Crippen LogP contribution in [0.15, 0.2) is 0 Å². The van der Waals surface area contributed by atoms with Gasteiger partial charge in [0.05, 0.1) is 5.25 Å². The van der Waals surface area contributed by atoms with Crippen LogP contribution in [0.25, 0.3) is 0 Å². The van der Waals surface area contributed by atoms with Crippen molar-refractivity contribution in [3.63, 3.8) is 0 Å². The van der Waals surface area contributed by atoms with E-state index in [1.165, 1.54) is 0 Å². The first-order chi connectivity index (χ1) is 17.3. The molecule has 0 saturated carbocycles. The van der Waals surface area contributed by atoms with E-state index in [0.29, 0.717) is 25.5 Å². The fourth-order valence-electron chi connectivity index (χ4n) is 3.31. The predicted octanol–water partition coefficient (Wildman–Crippen LogP) is 0.347. The van der Waals surface area contributed by atoms with Crippen LogP contribution in [0.2, 0.25) is 0 Å². The number of ether oxygens (including phenoxy) is 1. The highest BCUT2D eigenvalue weighted by atomic mass is 32.2. The van der Waals surface area contributed by atoms with Gasteiger partial charge in [-0.2, -0.15) is 0 Å². The number of hydrogen-bond donors (Lipinski definition) is 4. The van der Waals surface area contributed by atoms with Gasteiger partial charge in [-0.05, 0) is 46.2 Å². The number of carboxylic acid groups (broad SMARTS) is 1. The molecule has 1 rings (SSSR count). The number of rotatable bonds is 15. The summed E-state index contributed by atoms with van der Waals surface area (Å²) in [5, 5.41) is 16.5. The highest BCUT2D eigenvalue weighted by Gasteiger charge is 2.39. The smallest absolute Gasteiger partial charge is 0.407 e. The van der Waals surface area contributed by atoms with Gasteiger partial charge in [-0.3, -0.25) is 24.1 Å². The molecule has 0 aromatic rings. The van der Waals surface area contributed by atoms with Crippen molar-refractivity contribution >= 4 is 65.9 Å². The molecule has 0 spiro atoms. The molecule has 15 heteroatoms. The molecule has 5 atom stereocenters. The summed E-state index contributed by atoms with van der Waals surface area (Å²) in [6.07, 6.45) is 1.22. The van der Waals surface area contributed by atoms with Gasteiger partial charge < -0.3 is 25.8 Å². The Balaban J connectivity index is 2.65. The number of carbonyl (C=O) groups is 6. The molecule has 5 unspecified atom stereocenters. The molecule has 1 aliphatic heterocycles. The minimum absolute atomic E-state index is 0.0152. The molecule has 37 heavy (non-hydrogen) atoms. The maximum Gasteiger partial charge on any atom is 0.407 e. The Hall–Kier alpha value is -1.97. The van der Waals surface area contributed by atoms with Crippen LogP contribution in [-0.4, -0.2) is 99.8 Å². The number of nitrogens with one attached hydrogen (secondary N) is 3. The Morgan fingerprint density at radius 1 is 1.14 bits per heavy atom. The highest BCUT2D eigenvalue weighted by molar-refractivity contribution is 8.00. The number of unbranched alkanes of at least 4 members (excludes halogenated alkanes) is 1. The van der Waals surface area contributed by atoms with Crippen LogP contribution in [0.3, 0.4) is 0 Å². The quantitative estimate of drug-likeness (QED) is 0.121. The van der Waals surface area contributed by atoms with Crippen molar-refractivity contribution in [3.8, 4) is 0 Å². The Morgan fingerprint density at radius 3 is 2.38 bits per heavy atom. The SMILES string of the molecule is CC(C)(C)OC(=O)NCCCCC(NC(=O)CP)C(=O)NC(CSC1CC(=O)N(CCP)C1=O)C(=O)O. The molecule has 0 aromatic heterocycles. The Labute approximate surface area is 225 Å². The van der Waals surface area contributed by atoms with Crippen molar-refractivity contribution in [3.05, 3.63) is 0 Å². The maximum atomic E-state index is 12.9. The second kappa shape index (κ2) is 16.1. The third-order valence-corrected chi connectivity index (χ3v) is 6.98. The lowest BCUT2D eigenvalue weighted by Gasteiger charge is -2.22. The number of likely N-dealkylation sites (tertiary alicyclic amines) is 1. The van der Waals surface area contributed by atoms with Crippen molar-refractivity contribution < 1.29 is 38.6 Å². The zero-order valence-electron chi connectivity index (χ0n) is 21.4. The summed E-state index contributed by atoms with van der Waals surface area (Å²) in [6.45, 7) is 5.83. The molecule has 210 valence electrons. The van der Waals surface area contributed by atoms with Gasteiger partial charge in [-0.25, -0.2) is 9.59 Å². The van der Waals surface area contributed by atoms with Crippen molar-refractivity contribution in [1.82, 2.24) is 20.9 Å². The minimum atomic E-state index is -1.32. The largest absolute Gasteiger partial charge is 0.480 e. The summed E-state index contributed by atoms with van der Waals surface area (Å²) in [5.74, 6) is -3.15. The summed E-state index contributed by atoms with van der Waals surface area (Å²) < 4.78 is 5.15. The van der Waals surface area contributed by atoms with Crippen molar-refractivity contribution in [1.29, 1.82) is 0 Å². The fourth-order valence-corrected chi connectivity index (χ4v) is 4.86. The van der Waals surface area contributed by atoms with Crippen LogP contribution in [0.5, 0.6) is 0 Å². The molecule has 1 fully saturated rings. The van der Waals surface area contributed by atoms with Crippen LogP contribution in [-0.2, 0) is 28.7 Å². The van der Waals surface area contributed by atoms with Gasteiger partial charge in [-0.1, -0.05) is 0 Å². The second-order valence-corrected chi connectivity index (χ2v) is 11.6. The Kier molecular flexibility index (Phi) is 14.4. The number of nitrogens with zero attached hydrogens (tertiary/aromatic N) is 1. The standard InChI is InChI=1S/C22H38N4O8P2S/c1-22(2,3)34-21(33)23-7-5-4-6-13(24-16(27)11-36)18(29)25-14(20(31)32)12-37-15-10-17(28)26(8-9-35)19(15)30/h13-15H,4-12,35-36H2,1-3H3,(H,23,33)(H,24,27)(H,25,29)(H,31,32). The van der Waals surface area contributed by atoms with E-state index < -0.39 is 46.8 Å². The molecule has 1 saturated heterocycles. The van der Waals surface area contributed by atoms with Gasteiger partial charge in [-0.15, -0.1) is 30.2 Å². The van der Waals surface area contributed by atoms with Gasteiger partial charge in [0.1, 0.15) is 17.7 Å². The number of imide groups is 1. The third-order valence-electron chi connectivity index (χ3n) is 5.06. The summed E-state index contributed by atoms with van der Waals surface area (Å²) in [6, 6.07) is -2.30. The number of alkyl carbamates (subject to hydrolysis) is 1. The first-order valence-electron chi connectivity index (χ1n) is 11.9. The van der Waals surface area contributed by atoms with Crippen molar-refractivity contribution in [2.24, 2.45) is 0 Å². The average Bonchev–Trinajstić information content (AvgIpc) is 3.06. The monoisotopic (exact) mass is 580 g/mol. The molecule has 12 nitrogen and oxygen atoms in total. The molecular formula is C22H38N4O8P2S. The molecule has 0 aromatic carbocycles. The van der Waals surface area contributed by atoms with E-state index in [2.05, 4.69) is 34.4 Å². The lowest BCUT2D eigenvalue weighted by molar-refractivity contribution is -0.141. The van der Waals surface area contributed by atoms with E-state index in [4.69, 9.17) is 4.74 Å². The van der Waals surface area contributed by atoms with Crippen LogP contribution in [0, 0.1) is 0 Å². The molecule has 4 N–H and O–H groups in total. The first-order valence-corrected chi connectivity index (χ1v) is 14.6. The van der Waals surface area contributed by atoms with Crippen molar-refractivity contribution in [2.45, 2.75) is 69.4 Å². The van der Waals surface area contributed by atoms with Gasteiger partial charge in [0, 0.05) is 31.4 Å². The van der Waals surface area contributed by atoms with E-state index >= 15 is 0 Å². The van der Waals surface area contributed by atoms with Crippen LogP contribution < -0.4 is 16.0 Å². The predicted molar refractivity (Wildman–Crippen MR) is 146 cm³/mol. The zero-order valence-corrected chi connectivity index (χ0v) is 24.5. The zero-order chi connectivity index (χ0) is 28.2. The van der Waals surface area contributed by atoms with Crippen LogP contribution in [0.4, 0.5) is 4.79 Å². The number of carboxylic acids is 1. The van der Waals surface area contributed by atoms with E-state index in [-0.39, 0.29) is 43.1 Å². The summed E-state index contributed by atoms with van der Waals surface area (Å²) in [7, 11) is 4.69. The topological polar surface area (TPSA) is 171 Å². The number of thioether (sulfide) groups is 1. The molecule has 1 aliphatic rings. The van der Waals surface area contributed by atoms with Crippen molar-refractivity contribution in [2.75, 3.05) is 31.2 Å². The molecule has 0 bridgehead atoms. The highest BCUT2D eigenvalue weighted by Crippen LogP contribution is 2.26. The molecule has 1 heterocycles. The van der Waals surface area contributed by atoms with Gasteiger partial charge >= 0.3 is 12.1 Å². The Bertz CT molecular complexity index is 855. The number of hydrogen-bond acceptors (Lipinski definition) is 8. The van der Waals surface area contributed by atoms with Gasteiger partial charge in [0.2, 0.25) is 23.6 Å². The number of carbonyl (C=O) groups excluding carboxylic acids is 5. The lowest BCUT2D eigenvalue weighted by Crippen LogP contribution is -2.52. The normalized spacial score (nSPS) is 17.2. The van der Waals surface area contributed by atoms with E-state index in [1.54, 1.807) is 20.8 Å². The van der Waals surface area contributed by atoms with E-state index in [1.807, 2.05) is 0 Å². The molecule has 5 amide bonds. The fraction of sp³-hybridized carbons (Fsp3) is 0.727. The second-order valence-electron chi connectivity index (χ2n) is 9.35. The number of aliphatic carboxylic acids is 1. The summed E-state index contributed by atoms with van der Waals surface area (Å²) in [4.78, 5) is 73.9. The summed E-state index contributed by atoms with van der Waals surface area (Å²) in [5.41, 5.74) is -0.622. The third kappa shape index (κ3) is 12.4. The molecule has 0 aliphatic carbocycles. The van der Waals surface area contributed by atoms with Crippen LogP contribution >= 0.6 is 30.2 Å². The number of amides is 5. The van der Waals surface area contributed by atoms with E-state index in [9.17, 15) is 33.9 Å². The van der Waals surface area contributed by atoms with E-state index in [0.717, 1.165) is 16.7 Å². The van der Waals surface area contributed by atoms with Crippen LogP contribution in [0.1, 0.15) is 46.5 Å². The van der Waals surface area contributed by atoms with Gasteiger partial charge in [0.25, 0.3) is 0 Å². The first kappa shape index (κ1) is 33.1. The average molecular weight is 581 g/mol. The Morgan fingerprint density at radius 2 is 1.81 bits per heavy atom. The minimum Gasteiger partial charge on any atom is -0.480 e. The van der Waals surface area contributed by atoms with Gasteiger partial charge in [0.15, 0.2) is 0 Å². The molecular weight excluding hydrogens is 542 g/mol. The lowest BCUT2D eigenvalue weighted by atomic mass is 10.1.